The summed E-state index contributed by atoms with van der Waals surface area (Å²) in [4.78, 5) is 0. The molecule has 0 N–H and O–H groups in total. The molecule has 4 heteroatoms. The van der Waals surface area contributed by atoms with E-state index in [2.05, 4.69) is 0 Å². The van der Waals surface area contributed by atoms with Gasteiger partial charge in [0.1, 0.15) is 0 Å². The molecule has 0 heterocycles. The molecular weight excluding hydrogens is 382 g/mol. The second-order valence-electron chi connectivity index (χ2n) is 0. The zero-order valence-corrected chi connectivity index (χ0v) is 8.33. The molecule has 0 aliphatic carbocycles. The van der Waals surface area contributed by atoms with E-state index in [0.29, 0.717) is 0 Å². The molecule has 0 saturated heterocycles. The molecule has 0 spiro atoms. The van der Waals surface area contributed by atoms with Crippen LogP contribution in [0.4, 0.5) is 0 Å². The average Bonchev–Trinajstić information content (AvgIpc) is 0. The molecule has 0 rings (SSSR count). The van der Waals surface area contributed by atoms with Crippen molar-refractivity contribution >= 4 is 79.3 Å². The molecule has 1 atom stereocenters. The summed E-state index contributed by atoms with van der Waals surface area (Å²) >= 11 is 0. The minimum atomic E-state index is 0. The topological polar surface area (TPSA) is 0 Å². The van der Waals surface area contributed by atoms with E-state index in [9.17, 15) is 0 Å². The molecule has 0 aliphatic heterocycles. The molecule has 4 heavy (non-hydrogen) atoms. The first-order valence-corrected chi connectivity index (χ1v) is 0. The van der Waals surface area contributed by atoms with Crippen LogP contribution >= 0.6 is 9.90 Å². The summed E-state index contributed by atoms with van der Waals surface area (Å²) in [6.07, 6.45) is 0. The van der Waals surface area contributed by atoms with Crippen LogP contribution in [0.2, 0.25) is 0 Å². The van der Waals surface area contributed by atoms with Crippen LogP contribution in [-0.4, -0.2) is 69.4 Å². The van der Waals surface area contributed by atoms with Gasteiger partial charge in [0.25, 0.3) is 0 Å². The number of hydrogen-bond acceptors (Lipinski definition) is 0. The summed E-state index contributed by atoms with van der Waals surface area (Å²) in [5.74, 6) is 0. The van der Waals surface area contributed by atoms with Crippen LogP contribution < -0.4 is 0 Å². The SMILES string of the molecule is P.[AlH3].[BiH3].[InH3]. The minimum absolute atomic E-state index is 0. The Morgan fingerprint density at radius 3 is 1.00 bits per heavy atom. The monoisotopic (exact) mass is 394 g/mol. The molecule has 0 nitrogen and oxygen atoms in total. The van der Waals surface area contributed by atoms with Crippen LogP contribution in [0.15, 0.2) is 0 Å². The first kappa shape index (κ1) is 29.7. The Morgan fingerprint density at radius 1 is 1.00 bits per heavy atom. The van der Waals surface area contributed by atoms with Crippen molar-refractivity contribution < 1.29 is 0 Å². The summed E-state index contributed by atoms with van der Waals surface area (Å²) in [5.41, 5.74) is 0. The van der Waals surface area contributed by atoms with Crippen molar-refractivity contribution in [3.05, 3.63) is 0 Å². The normalized spacial score (nSPS) is 0. The molecule has 28 valence electrons. The fourth-order valence-electron chi connectivity index (χ4n) is 0. The van der Waals surface area contributed by atoms with E-state index >= 15 is 0 Å². The van der Waals surface area contributed by atoms with Crippen molar-refractivity contribution in [2.75, 3.05) is 0 Å². The zero-order chi connectivity index (χ0) is 0. The van der Waals surface area contributed by atoms with Crippen LogP contribution in [0, 0.1) is 0 Å². The summed E-state index contributed by atoms with van der Waals surface area (Å²) in [6, 6.07) is 0. The van der Waals surface area contributed by atoms with E-state index in [1.54, 1.807) is 0 Å². The van der Waals surface area contributed by atoms with Crippen molar-refractivity contribution in [3.8, 4) is 0 Å². The van der Waals surface area contributed by atoms with E-state index < -0.39 is 0 Å². The van der Waals surface area contributed by atoms with Crippen molar-refractivity contribution in [3.63, 3.8) is 0 Å². The van der Waals surface area contributed by atoms with E-state index in [1.165, 1.54) is 0 Å². The van der Waals surface area contributed by atoms with Gasteiger partial charge in [-0.05, 0) is 0 Å². The Hall–Kier alpha value is 2.72. The maximum absolute atomic E-state index is 0. The van der Waals surface area contributed by atoms with Gasteiger partial charge in [0.2, 0.25) is 0 Å². The Balaban J connectivity index is 0. The van der Waals surface area contributed by atoms with Crippen LogP contribution in [-0.2, 0) is 0 Å². The Kier molecular flexibility index (Phi) is 128. The van der Waals surface area contributed by atoms with Crippen LogP contribution in [0.5, 0.6) is 0 Å². The van der Waals surface area contributed by atoms with Gasteiger partial charge >= 0.3 is 52.0 Å². The predicted octanol–water partition coefficient (Wildman–Crippen LogP) is -3.49. The molecule has 0 bridgehead atoms. The summed E-state index contributed by atoms with van der Waals surface area (Å²) in [5, 5.41) is 0. The third-order valence-corrected chi connectivity index (χ3v) is 0. The molecule has 0 aromatic rings. The van der Waals surface area contributed by atoms with Gasteiger partial charge < -0.3 is 0 Å². The van der Waals surface area contributed by atoms with Crippen LogP contribution in [0.25, 0.3) is 0 Å². The van der Waals surface area contributed by atoms with E-state index in [0.717, 1.165) is 0 Å². The van der Waals surface area contributed by atoms with Gasteiger partial charge in [-0.2, -0.15) is 9.90 Å². The molecule has 0 aromatic heterocycles. The third kappa shape index (κ3) is 8.83. The van der Waals surface area contributed by atoms with Gasteiger partial charge in [-0.3, -0.25) is 0 Å². The van der Waals surface area contributed by atoms with Gasteiger partial charge in [-0.15, -0.1) is 0 Å². The molecule has 1 unspecified atom stereocenters. The van der Waals surface area contributed by atoms with Crippen molar-refractivity contribution in [1.82, 2.24) is 0 Å². The number of rotatable bonds is 0. The van der Waals surface area contributed by atoms with E-state index in [-0.39, 0.29) is 79.3 Å². The Morgan fingerprint density at radius 2 is 1.00 bits per heavy atom. The predicted molar refractivity (Wildman–Crippen MR) is 40.9 cm³/mol. The summed E-state index contributed by atoms with van der Waals surface area (Å²) < 4.78 is 0. The first-order valence-electron chi connectivity index (χ1n) is 0. The molecule has 0 saturated carbocycles. The van der Waals surface area contributed by atoms with Crippen molar-refractivity contribution in [2.24, 2.45) is 0 Å². The third-order valence-electron chi connectivity index (χ3n) is 0. The van der Waals surface area contributed by atoms with Gasteiger partial charge in [-0.1, -0.05) is 0 Å². The second-order valence-corrected chi connectivity index (χ2v) is 0. The van der Waals surface area contributed by atoms with Gasteiger partial charge in [-0.25, -0.2) is 0 Å². The van der Waals surface area contributed by atoms with Crippen LogP contribution in [0.3, 0.4) is 0 Å². The van der Waals surface area contributed by atoms with Crippen LogP contribution in [0.1, 0.15) is 0 Å². The molecule has 0 aromatic carbocycles. The second kappa shape index (κ2) is 17.2. The fraction of sp³-hybridized carbons (Fsp3) is 0. The average molecular weight is 394 g/mol. The van der Waals surface area contributed by atoms with E-state index in [4.69, 9.17) is 0 Å². The summed E-state index contributed by atoms with van der Waals surface area (Å²) in [7, 11) is 0. The number of hydrogen-bond donors (Lipinski definition) is 0. The summed E-state index contributed by atoms with van der Waals surface area (Å²) in [6.45, 7) is 0. The standard InChI is InChI=1S/Al.Bi.In.H3P.9H/h;;;1H3;;;;;;;;;. The fourth-order valence-corrected chi connectivity index (χ4v) is 0. The molecular formula is H12AlBiInP. The molecule has 0 fully saturated rings. The van der Waals surface area contributed by atoms with Gasteiger partial charge in [0, 0.05) is 0 Å². The van der Waals surface area contributed by atoms with Gasteiger partial charge in [0.15, 0.2) is 17.4 Å². The maximum atomic E-state index is 0. The van der Waals surface area contributed by atoms with Gasteiger partial charge in [0.05, 0.1) is 0 Å². The Labute approximate surface area is 78.1 Å². The van der Waals surface area contributed by atoms with Crippen molar-refractivity contribution in [2.45, 2.75) is 0 Å². The zero-order valence-electron chi connectivity index (χ0n) is 1.41. The molecule has 0 radical (unpaired) electrons. The van der Waals surface area contributed by atoms with Crippen molar-refractivity contribution in [1.29, 1.82) is 0 Å². The quantitative estimate of drug-likeness (QED) is 0.296. The first-order chi connectivity index (χ1) is 0. The molecule has 0 aliphatic rings. The van der Waals surface area contributed by atoms with E-state index in [1.807, 2.05) is 0 Å². The molecule has 0 amide bonds. The Bertz CT molecular complexity index is 8.00.